The third-order valence-electron chi connectivity index (χ3n) is 3.21. The third kappa shape index (κ3) is 4.63. The van der Waals surface area contributed by atoms with Crippen molar-refractivity contribution in [2.24, 2.45) is 0 Å². The van der Waals surface area contributed by atoms with Gasteiger partial charge in [-0.1, -0.05) is 29.3 Å². The summed E-state index contributed by atoms with van der Waals surface area (Å²) in [5, 5.41) is 3.87. The van der Waals surface area contributed by atoms with E-state index in [1.165, 1.54) is 18.5 Å². The smallest absolute Gasteiger partial charge is 0.264 e. The lowest BCUT2D eigenvalue weighted by molar-refractivity contribution is 0.291. The first-order valence-electron chi connectivity index (χ1n) is 7.34. The van der Waals surface area contributed by atoms with Gasteiger partial charge in [-0.25, -0.2) is 23.1 Å². The van der Waals surface area contributed by atoms with Crippen LogP contribution < -0.4 is 9.46 Å². The number of benzene rings is 1. The van der Waals surface area contributed by atoms with Crippen molar-refractivity contribution in [1.29, 1.82) is 0 Å². The molecular weight excluding hydrogens is 401 g/mol. The standard InChI is InChI=1S/C15H13Cl2N5O3S/c16-14-5-4-13(15(17)20-14)26(23,24)21-11-2-1-3-12(8-11)25-7-6-22-10-18-9-19-22/h1-5,8-10,21H,6-7H2. The lowest BCUT2D eigenvalue weighted by Gasteiger charge is -2.11. The van der Waals surface area contributed by atoms with Gasteiger partial charge < -0.3 is 4.74 Å². The van der Waals surface area contributed by atoms with Gasteiger partial charge in [0.05, 0.1) is 12.2 Å². The summed E-state index contributed by atoms with van der Waals surface area (Å²) in [5.74, 6) is 0.505. The van der Waals surface area contributed by atoms with E-state index in [1.54, 1.807) is 35.3 Å². The average Bonchev–Trinajstić information content (AvgIpc) is 3.08. The minimum atomic E-state index is -3.91. The molecule has 0 spiro atoms. The van der Waals surface area contributed by atoms with Crippen molar-refractivity contribution in [2.45, 2.75) is 11.4 Å². The van der Waals surface area contributed by atoms with Gasteiger partial charge in [0.1, 0.15) is 35.1 Å². The highest BCUT2D eigenvalue weighted by Gasteiger charge is 2.19. The van der Waals surface area contributed by atoms with E-state index in [-0.39, 0.29) is 15.2 Å². The van der Waals surface area contributed by atoms with Crippen LogP contribution in [0.15, 0.2) is 53.9 Å². The van der Waals surface area contributed by atoms with E-state index >= 15 is 0 Å². The van der Waals surface area contributed by atoms with Crippen LogP contribution in [0, 0.1) is 0 Å². The van der Waals surface area contributed by atoms with Gasteiger partial charge in [0.25, 0.3) is 10.0 Å². The summed E-state index contributed by atoms with van der Waals surface area (Å²) in [6.07, 6.45) is 3.02. The van der Waals surface area contributed by atoms with Gasteiger partial charge in [-0.15, -0.1) is 0 Å². The van der Waals surface area contributed by atoms with Crippen molar-refractivity contribution in [3.63, 3.8) is 0 Å². The Hall–Kier alpha value is -2.36. The van der Waals surface area contributed by atoms with Crippen molar-refractivity contribution >= 4 is 38.9 Å². The molecule has 11 heteroatoms. The molecule has 0 bridgehead atoms. The molecule has 0 aliphatic carbocycles. The highest BCUT2D eigenvalue weighted by Crippen LogP contribution is 2.25. The van der Waals surface area contributed by atoms with Gasteiger partial charge in [-0.3, -0.25) is 4.72 Å². The van der Waals surface area contributed by atoms with Crippen LogP contribution in [-0.4, -0.2) is 34.8 Å². The fraction of sp³-hybridized carbons (Fsp3) is 0.133. The zero-order valence-corrected chi connectivity index (χ0v) is 15.5. The topological polar surface area (TPSA) is 99.0 Å². The number of aromatic nitrogens is 4. The van der Waals surface area contributed by atoms with Crippen molar-refractivity contribution in [3.8, 4) is 5.75 Å². The van der Waals surface area contributed by atoms with Gasteiger partial charge >= 0.3 is 0 Å². The number of rotatable bonds is 7. The molecule has 1 aromatic carbocycles. The number of halogens is 2. The summed E-state index contributed by atoms with van der Waals surface area (Å²) in [5.41, 5.74) is 0.328. The molecule has 0 atom stereocenters. The van der Waals surface area contributed by atoms with Crippen LogP contribution in [0.5, 0.6) is 5.75 Å². The predicted molar refractivity (Wildman–Crippen MR) is 97.0 cm³/mol. The lowest BCUT2D eigenvalue weighted by Crippen LogP contribution is -2.14. The number of hydrogen-bond donors (Lipinski definition) is 1. The summed E-state index contributed by atoms with van der Waals surface area (Å²) >= 11 is 11.6. The summed E-state index contributed by atoms with van der Waals surface area (Å²) in [4.78, 5) is 7.41. The minimum absolute atomic E-state index is 0.108. The molecule has 2 heterocycles. The molecule has 26 heavy (non-hydrogen) atoms. The van der Waals surface area contributed by atoms with Gasteiger partial charge in [-0.05, 0) is 24.3 Å². The molecule has 0 amide bonds. The van der Waals surface area contributed by atoms with E-state index in [0.717, 1.165) is 0 Å². The molecule has 136 valence electrons. The number of pyridine rings is 1. The van der Waals surface area contributed by atoms with Crippen molar-refractivity contribution in [2.75, 3.05) is 11.3 Å². The molecular formula is C15H13Cl2N5O3S. The fourth-order valence-corrected chi connectivity index (χ4v) is 3.78. The molecule has 0 radical (unpaired) electrons. The van der Waals surface area contributed by atoms with Crippen molar-refractivity contribution in [3.05, 3.63) is 59.4 Å². The second-order valence-electron chi connectivity index (χ2n) is 5.06. The molecule has 2 aromatic heterocycles. The van der Waals surface area contributed by atoms with Gasteiger partial charge in [0.15, 0.2) is 5.15 Å². The SMILES string of the molecule is O=S(=O)(Nc1cccc(OCCn2cncn2)c1)c1ccc(Cl)nc1Cl. The van der Waals surface area contributed by atoms with E-state index in [2.05, 4.69) is 19.8 Å². The maximum absolute atomic E-state index is 12.5. The van der Waals surface area contributed by atoms with Crippen LogP contribution >= 0.6 is 23.2 Å². The lowest BCUT2D eigenvalue weighted by atomic mass is 10.3. The zero-order chi connectivity index (χ0) is 18.6. The van der Waals surface area contributed by atoms with Crippen LogP contribution in [-0.2, 0) is 16.6 Å². The Labute approximate surface area is 159 Å². The molecule has 0 aliphatic heterocycles. The Morgan fingerprint density at radius 3 is 2.77 bits per heavy atom. The molecule has 3 aromatic rings. The zero-order valence-electron chi connectivity index (χ0n) is 13.2. The highest BCUT2D eigenvalue weighted by atomic mass is 35.5. The summed E-state index contributed by atoms with van der Waals surface area (Å²) in [6, 6.07) is 9.19. The normalized spacial score (nSPS) is 11.3. The third-order valence-corrected chi connectivity index (χ3v) is 5.24. The second kappa shape index (κ2) is 7.90. The molecule has 0 unspecified atom stereocenters. The molecule has 0 saturated carbocycles. The number of nitrogens with one attached hydrogen (secondary N) is 1. The Kier molecular flexibility index (Phi) is 5.60. The summed E-state index contributed by atoms with van der Waals surface area (Å²) in [6.45, 7) is 0.870. The number of anilines is 1. The van der Waals surface area contributed by atoms with Crippen molar-refractivity contribution < 1.29 is 13.2 Å². The number of ether oxygens (including phenoxy) is 1. The predicted octanol–water partition coefficient (Wildman–Crippen LogP) is 2.86. The molecule has 1 N–H and O–H groups in total. The molecule has 0 aliphatic rings. The quantitative estimate of drug-likeness (QED) is 0.597. The van der Waals surface area contributed by atoms with E-state index in [9.17, 15) is 8.42 Å². The van der Waals surface area contributed by atoms with Gasteiger partial charge in [0, 0.05) is 6.07 Å². The average molecular weight is 414 g/mol. The maximum atomic E-state index is 12.5. The number of nitrogens with zero attached hydrogens (tertiary/aromatic N) is 4. The molecule has 3 rings (SSSR count). The minimum Gasteiger partial charge on any atom is -0.492 e. The molecule has 0 saturated heterocycles. The van der Waals surface area contributed by atoms with Crippen LogP contribution in [0.4, 0.5) is 5.69 Å². The summed E-state index contributed by atoms with van der Waals surface area (Å²) < 4.78 is 34.6. The Bertz CT molecular complexity index is 996. The first kappa shape index (κ1) is 18.4. The monoisotopic (exact) mass is 413 g/mol. The number of sulfonamides is 1. The van der Waals surface area contributed by atoms with Crippen LogP contribution in [0.1, 0.15) is 0 Å². The van der Waals surface area contributed by atoms with E-state index < -0.39 is 10.0 Å². The van der Waals surface area contributed by atoms with Gasteiger partial charge in [-0.2, -0.15) is 5.10 Å². The Balaban J connectivity index is 1.69. The number of hydrogen-bond acceptors (Lipinski definition) is 6. The summed E-state index contributed by atoms with van der Waals surface area (Å²) in [7, 11) is -3.91. The second-order valence-corrected chi connectivity index (χ2v) is 7.46. The van der Waals surface area contributed by atoms with E-state index in [0.29, 0.717) is 24.6 Å². The van der Waals surface area contributed by atoms with E-state index in [1.807, 2.05) is 0 Å². The first-order valence-corrected chi connectivity index (χ1v) is 9.58. The van der Waals surface area contributed by atoms with Crippen LogP contribution in [0.3, 0.4) is 0 Å². The Morgan fingerprint density at radius 2 is 2.04 bits per heavy atom. The van der Waals surface area contributed by atoms with Crippen molar-refractivity contribution in [1.82, 2.24) is 19.7 Å². The van der Waals surface area contributed by atoms with Crippen LogP contribution in [0.25, 0.3) is 0 Å². The highest BCUT2D eigenvalue weighted by molar-refractivity contribution is 7.92. The molecule has 8 nitrogen and oxygen atoms in total. The Morgan fingerprint density at radius 1 is 1.19 bits per heavy atom. The maximum Gasteiger partial charge on any atom is 0.264 e. The van der Waals surface area contributed by atoms with E-state index in [4.69, 9.17) is 27.9 Å². The largest absolute Gasteiger partial charge is 0.492 e. The van der Waals surface area contributed by atoms with Crippen LogP contribution in [0.2, 0.25) is 10.3 Å². The fourth-order valence-electron chi connectivity index (χ4n) is 2.06. The first-order chi connectivity index (χ1) is 12.4. The van der Waals surface area contributed by atoms with Gasteiger partial charge in [0.2, 0.25) is 0 Å². The molecule has 0 fully saturated rings.